The molecular weight excluding hydrogens is 446 g/mol. The Morgan fingerprint density at radius 2 is 1.45 bits per heavy atom. The maximum absolute atomic E-state index is 13.4. The van der Waals surface area contributed by atoms with Crippen LogP contribution in [0.3, 0.4) is 0 Å². The standard InChI is InChI=1S/C23H27N3O6S/c1-17-4-10-21(11-5-17)33(30,31)26(16-22(28)19-6-8-20(32-3)9-7-19)23(29)25-14-12-24(13-15-25)18(2)27/h4-11H,12-16H2,1-3H3. The van der Waals surface area contributed by atoms with Crippen LogP contribution in [0.2, 0.25) is 0 Å². The highest BCUT2D eigenvalue weighted by Gasteiger charge is 2.36. The quantitative estimate of drug-likeness (QED) is 0.596. The summed E-state index contributed by atoms with van der Waals surface area (Å²) in [6, 6.07) is 11.5. The zero-order valence-corrected chi connectivity index (χ0v) is 19.7. The first-order valence-electron chi connectivity index (χ1n) is 10.4. The van der Waals surface area contributed by atoms with E-state index in [9.17, 15) is 22.8 Å². The fourth-order valence-corrected chi connectivity index (χ4v) is 4.80. The van der Waals surface area contributed by atoms with E-state index in [4.69, 9.17) is 4.74 Å². The predicted octanol–water partition coefficient (Wildman–Crippen LogP) is 2.16. The third-order valence-electron chi connectivity index (χ3n) is 5.52. The molecule has 1 aliphatic heterocycles. The molecule has 1 aliphatic rings. The topological polar surface area (TPSA) is 104 Å². The van der Waals surface area contributed by atoms with Crippen LogP contribution in [0.5, 0.6) is 5.75 Å². The van der Waals surface area contributed by atoms with Gasteiger partial charge in [0, 0.05) is 38.7 Å². The van der Waals surface area contributed by atoms with Gasteiger partial charge in [-0.3, -0.25) is 9.59 Å². The van der Waals surface area contributed by atoms with Crippen LogP contribution < -0.4 is 4.74 Å². The van der Waals surface area contributed by atoms with E-state index < -0.39 is 28.4 Å². The summed E-state index contributed by atoms with van der Waals surface area (Å²) in [5, 5.41) is 0. The number of sulfonamides is 1. The van der Waals surface area contributed by atoms with Crippen LogP contribution >= 0.6 is 0 Å². The van der Waals surface area contributed by atoms with Gasteiger partial charge in [-0.1, -0.05) is 17.7 Å². The molecule has 33 heavy (non-hydrogen) atoms. The number of ether oxygens (including phenoxy) is 1. The number of aryl methyl sites for hydroxylation is 1. The number of Topliss-reactive ketones (excluding diaryl/α,β-unsaturated/α-hetero) is 1. The molecule has 0 unspecified atom stereocenters. The largest absolute Gasteiger partial charge is 0.497 e. The second kappa shape index (κ2) is 10.0. The molecule has 176 valence electrons. The van der Waals surface area contributed by atoms with Gasteiger partial charge in [0.05, 0.1) is 12.0 Å². The molecule has 3 amide bonds. The van der Waals surface area contributed by atoms with E-state index in [2.05, 4.69) is 0 Å². The van der Waals surface area contributed by atoms with E-state index in [1.165, 1.54) is 43.2 Å². The van der Waals surface area contributed by atoms with Gasteiger partial charge in [0.2, 0.25) is 5.91 Å². The smallest absolute Gasteiger partial charge is 0.334 e. The van der Waals surface area contributed by atoms with Crippen molar-refractivity contribution in [3.63, 3.8) is 0 Å². The lowest BCUT2D eigenvalue weighted by Gasteiger charge is -2.36. The molecule has 3 rings (SSSR count). The van der Waals surface area contributed by atoms with Gasteiger partial charge in [0.25, 0.3) is 10.0 Å². The normalized spacial score (nSPS) is 14.0. The average molecular weight is 474 g/mol. The number of amides is 3. The third kappa shape index (κ3) is 5.51. The van der Waals surface area contributed by atoms with E-state index in [0.29, 0.717) is 23.1 Å². The lowest BCUT2D eigenvalue weighted by atomic mass is 10.1. The summed E-state index contributed by atoms with van der Waals surface area (Å²) < 4.78 is 32.5. The fraction of sp³-hybridized carbons (Fsp3) is 0.348. The predicted molar refractivity (Wildman–Crippen MR) is 122 cm³/mol. The number of piperazine rings is 1. The number of hydrogen-bond donors (Lipinski definition) is 0. The summed E-state index contributed by atoms with van der Waals surface area (Å²) in [7, 11) is -2.80. The van der Waals surface area contributed by atoms with Gasteiger partial charge in [0.15, 0.2) is 5.78 Å². The SMILES string of the molecule is COc1ccc(C(=O)CN(C(=O)N2CCN(C(C)=O)CC2)S(=O)(=O)c2ccc(C)cc2)cc1. The maximum Gasteiger partial charge on any atom is 0.334 e. The van der Waals surface area contributed by atoms with E-state index in [-0.39, 0.29) is 29.5 Å². The zero-order valence-electron chi connectivity index (χ0n) is 18.9. The number of carbonyl (C=O) groups excluding carboxylic acids is 3. The van der Waals surface area contributed by atoms with Crippen LogP contribution in [0.1, 0.15) is 22.8 Å². The number of ketones is 1. The van der Waals surface area contributed by atoms with Crippen molar-refractivity contribution in [1.82, 2.24) is 14.1 Å². The third-order valence-corrected chi connectivity index (χ3v) is 7.25. The first kappa shape index (κ1) is 24.2. The molecule has 2 aromatic rings. The Morgan fingerprint density at radius 3 is 1.97 bits per heavy atom. The molecule has 0 aliphatic carbocycles. The number of rotatable bonds is 6. The highest BCUT2D eigenvalue weighted by atomic mass is 32.2. The number of benzene rings is 2. The summed E-state index contributed by atoms with van der Waals surface area (Å²) in [6.07, 6.45) is 0. The lowest BCUT2D eigenvalue weighted by molar-refractivity contribution is -0.130. The molecule has 0 spiro atoms. The highest BCUT2D eigenvalue weighted by Crippen LogP contribution is 2.21. The van der Waals surface area contributed by atoms with Gasteiger partial charge >= 0.3 is 6.03 Å². The van der Waals surface area contributed by atoms with Crippen molar-refractivity contribution < 1.29 is 27.5 Å². The monoisotopic (exact) mass is 473 g/mol. The van der Waals surface area contributed by atoms with Crippen molar-refractivity contribution in [2.45, 2.75) is 18.7 Å². The van der Waals surface area contributed by atoms with Crippen LogP contribution in [0.25, 0.3) is 0 Å². The van der Waals surface area contributed by atoms with Crippen LogP contribution in [0.4, 0.5) is 4.79 Å². The van der Waals surface area contributed by atoms with Gasteiger partial charge in [0.1, 0.15) is 12.3 Å². The van der Waals surface area contributed by atoms with Crippen molar-refractivity contribution in [3.05, 3.63) is 59.7 Å². The molecule has 2 aromatic carbocycles. The molecule has 1 fully saturated rings. The van der Waals surface area contributed by atoms with Crippen molar-refractivity contribution in [1.29, 1.82) is 0 Å². The fourth-order valence-electron chi connectivity index (χ4n) is 3.46. The number of methoxy groups -OCH3 is 1. The van der Waals surface area contributed by atoms with Crippen molar-refractivity contribution in [2.24, 2.45) is 0 Å². The van der Waals surface area contributed by atoms with E-state index in [0.717, 1.165) is 5.56 Å². The summed E-state index contributed by atoms with van der Waals surface area (Å²) >= 11 is 0. The minimum Gasteiger partial charge on any atom is -0.497 e. The number of carbonyl (C=O) groups is 3. The summed E-state index contributed by atoms with van der Waals surface area (Å²) in [6.45, 7) is 3.57. The number of hydrogen-bond acceptors (Lipinski definition) is 6. The van der Waals surface area contributed by atoms with Gasteiger partial charge in [-0.2, -0.15) is 0 Å². The Labute approximate surface area is 193 Å². The first-order chi connectivity index (χ1) is 15.6. The maximum atomic E-state index is 13.4. The minimum absolute atomic E-state index is 0.0775. The van der Waals surface area contributed by atoms with Gasteiger partial charge in [-0.25, -0.2) is 17.5 Å². The van der Waals surface area contributed by atoms with Gasteiger partial charge < -0.3 is 14.5 Å². The van der Waals surface area contributed by atoms with Crippen LogP contribution in [-0.4, -0.2) is 80.1 Å². The van der Waals surface area contributed by atoms with Crippen molar-refractivity contribution in [2.75, 3.05) is 39.8 Å². The van der Waals surface area contributed by atoms with Crippen molar-refractivity contribution >= 4 is 27.7 Å². The highest BCUT2D eigenvalue weighted by molar-refractivity contribution is 7.89. The van der Waals surface area contributed by atoms with E-state index in [1.807, 2.05) is 6.92 Å². The molecule has 0 bridgehead atoms. The molecule has 1 heterocycles. The van der Waals surface area contributed by atoms with E-state index >= 15 is 0 Å². The molecule has 0 radical (unpaired) electrons. The van der Waals surface area contributed by atoms with Gasteiger partial charge in [-0.15, -0.1) is 0 Å². The Morgan fingerprint density at radius 1 is 0.909 bits per heavy atom. The molecule has 9 nitrogen and oxygen atoms in total. The summed E-state index contributed by atoms with van der Waals surface area (Å²) in [5.74, 6) is -0.0833. The minimum atomic E-state index is -4.30. The molecular formula is C23H27N3O6S. The zero-order chi connectivity index (χ0) is 24.2. The van der Waals surface area contributed by atoms with E-state index in [1.54, 1.807) is 29.2 Å². The average Bonchev–Trinajstić information content (AvgIpc) is 2.82. The lowest BCUT2D eigenvalue weighted by Crippen LogP contribution is -2.55. The second-order valence-electron chi connectivity index (χ2n) is 7.75. The Balaban J connectivity index is 1.90. The first-order valence-corrected chi connectivity index (χ1v) is 11.9. The Hall–Kier alpha value is -3.40. The Kier molecular flexibility index (Phi) is 7.37. The van der Waals surface area contributed by atoms with Gasteiger partial charge in [-0.05, 0) is 43.3 Å². The second-order valence-corrected chi connectivity index (χ2v) is 9.61. The van der Waals surface area contributed by atoms with Crippen molar-refractivity contribution in [3.8, 4) is 5.75 Å². The number of nitrogens with zero attached hydrogens (tertiary/aromatic N) is 3. The molecule has 1 saturated heterocycles. The molecule has 0 aromatic heterocycles. The molecule has 0 atom stereocenters. The molecule has 0 N–H and O–H groups in total. The van der Waals surface area contributed by atoms with Crippen LogP contribution in [0.15, 0.2) is 53.4 Å². The summed E-state index contributed by atoms with van der Waals surface area (Å²) in [4.78, 5) is 40.7. The van der Waals surface area contributed by atoms with Crippen LogP contribution in [-0.2, 0) is 14.8 Å². The van der Waals surface area contributed by atoms with Crippen LogP contribution in [0, 0.1) is 6.92 Å². The Bertz CT molecular complexity index is 1120. The molecule has 10 heteroatoms. The summed E-state index contributed by atoms with van der Waals surface area (Å²) in [5.41, 5.74) is 1.12. The molecule has 0 saturated carbocycles. The number of urea groups is 1.